The van der Waals surface area contributed by atoms with Crippen LogP contribution in [0.2, 0.25) is 0 Å². The molecule has 3 rings (SSSR count). The van der Waals surface area contributed by atoms with Crippen LogP contribution >= 0.6 is 0 Å². The predicted octanol–water partition coefficient (Wildman–Crippen LogP) is 3.04. The fourth-order valence-electron chi connectivity index (χ4n) is 2.32. The molecule has 0 aliphatic heterocycles. The Morgan fingerprint density at radius 2 is 1.71 bits per heavy atom. The van der Waals surface area contributed by atoms with Crippen molar-refractivity contribution in [2.45, 2.75) is 12.7 Å². The minimum absolute atomic E-state index is 0.0633. The molecule has 0 aliphatic carbocycles. The van der Waals surface area contributed by atoms with Crippen molar-refractivity contribution in [1.29, 1.82) is 0 Å². The van der Waals surface area contributed by atoms with Crippen LogP contribution < -0.4 is 15.4 Å². The third kappa shape index (κ3) is 6.45. The summed E-state index contributed by atoms with van der Waals surface area (Å²) in [6.07, 6.45) is -3.04. The van der Waals surface area contributed by atoms with Gasteiger partial charge in [0.25, 0.3) is 0 Å². The number of alkyl halides is 3. The Labute approximate surface area is 173 Å². The van der Waals surface area contributed by atoms with Gasteiger partial charge in [-0.1, -0.05) is 12.1 Å². The van der Waals surface area contributed by atoms with Gasteiger partial charge >= 0.3 is 12.2 Å². The molecule has 12 heteroatoms. The first-order chi connectivity index (χ1) is 14.7. The summed E-state index contributed by atoms with van der Waals surface area (Å²) in [5.41, 5.74) is 0.941. The van der Waals surface area contributed by atoms with Gasteiger partial charge in [0.15, 0.2) is 6.61 Å². The van der Waals surface area contributed by atoms with Gasteiger partial charge in [-0.25, -0.2) is 0 Å². The zero-order valence-corrected chi connectivity index (χ0v) is 15.6. The highest BCUT2D eigenvalue weighted by atomic mass is 19.4. The van der Waals surface area contributed by atoms with Gasteiger partial charge in [0.05, 0.1) is 5.56 Å². The third-order valence-corrected chi connectivity index (χ3v) is 3.73. The smallest absolute Gasteiger partial charge is 0.422 e. The summed E-state index contributed by atoms with van der Waals surface area (Å²) in [6, 6.07) is 9.55. The largest absolute Gasteiger partial charge is 0.508 e. The van der Waals surface area contributed by atoms with E-state index in [1.165, 1.54) is 30.3 Å². The number of hydrogen-bond acceptors (Lipinski definition) is 9. The van der Waals surface area contributed by atoms with E-state index in [0.717, 1.165) is 5.56 Å². The average molecular weight is 434 g/mol. The summed E-state index contributed by atoms with van der Waals surface area (Å²) in [5.74, 6) is -0.514. The van der Waals surface area contributed by atoms with E-state index in [2.05, 4.69) is 30.3 Å². The molecule has 2 aromatic carbocycles. The summed E-state index contributed by atoms with van der Waals surface area (Å²) in [6.45, 7) is -1.40. The Balaban J connectivity index is 1.82. The van der Waals surface area contributed by atoms with Crippen molar-refractivity contribution >= 4 is 23.9 Å². The van der Waals surface area contributed by atoms with Crippen molar-refractivity contribution in [3.05, 3.63) is 53.6 Å². The van der Waals surface area contributed by atoms with Gasteiger partial charge in [0.1, 0.15) is 11.5 Å². The highest BCUT2D eigenvalue weighted by Gasteiger charge is 2.29. The fraction of sp³-hybridized carbons (Fsp3) is 0.158. The highest BCUT2D eigenvalue weighted by molar-refractivity contribution is 5.81. The molecule has 31 heavy (non-hydrogen) atoms. The number of phenolic OH excluding ortho intramolecular Hbond substituents is 2. The lowest BCUT2D eigenvalue weighted by molar-refractivity contribution is -0.154. The summed E-state index contributed by atoms with van der Waals surface area (Å²) in [5, 5.41) is 24.6. The first kappa shape index (κ1) is 21.6. The summed E-state index contributed by atoms with van der Waals surface area (Å²) < 4.78 is 42.1. The number of nitrogens with zero attached hydrogens (tertiary/aromatic N) is 3. The summed E-state index contributed by atoms with van der Waals surface area (Å²) in [4.78, 5) is 22.3. The number of aromatic nitrogens is 3. The van der Waals surface area contributed by atoms with Crippen LogP contribution in [0.5, 0.6) is 17.5 Å². The van der Waals surface area contributed by atoms with Gasteiger partial charge in [-0.3, -0.25) is 4.79 Å². The molecule has 0 unspecified atom stereocenters. The predicted molar refractivity (Wildman–Crippen MR) is 103 cm³/mol. The Morgan fingerprint density at radius 1 is 1.00 bits per heavy atom. The SMILES string of the molecule is O=[C]c1ccc(Nc2nc(NCc3ccc(O)cc3)nc(OCC(F)(F)F)n2)cc1O. The second-order valence-corrected chi connectivity index (χ2v) is 6.15. The Hall–Kier alpha value is -4.09. The van der Waals surface area contributed by atoms with Crippen molar-refractivity contribution < 1.29 is 32.9 Å². The molecule has 1 radical (unpaired) electrons. The van der Waals surface area contributed by atoms with E-state index >= 15 is 0 Å². The molecule has 1 heterocycles. The molecule has 161 valence electrons. The molecule has 9 nitrogen and oxygen atoms in total. The van der Waals surface area contributed by atoms with Crippen molar-refractivity contribution in [2.24, 2.45) is 0 Å². The average Bonchev–Trinajstić information content (AvgIpc) is 2.71. The molecule has 0 atom stereocenters. The number of carbonyl (C=O) groups excluding carboxylic acids is 1. The Morgan fingerprint density at radius 3 is 2.35 bits per heavy atom. The first-order valence-corrected chi connectivity index (χ1v) is 8.67. The molecule has 0 saturated heterocycles. The van der Waals surface area contributed by atoms with Crippen LogP contribution in [-0.2, 0) is 11.3 Å². The summed E-state index contributed by atoms with van der Waals surface area (Å²) >= 11 is 0. The molecule has 0 spiro atoms. The van der Waals surface area contributed by atoms with E-state index in [0.29, 0.717) is 0 Å². The number of phenols is 2. The van der Waals surface area contributed by atoms with Crippen molar-refractivity contribution in [1.82, 2.24) is 15.0 Å². The number of rotatable bonds is 8. The molecule has 0 bridgehead atoms. The first-order valence-electron chi connectivity index (χ1n) is 8.67. The molecule has 0 aliphatic rings. The zero-order chi connectivity index (χ0) is 22.4. The van der Waals surface area contributed by atoms with E-state index in [9.17, 15) is 28.2 Å². The molecule has 0 fully saturated rings. The van der Waals surface area contributed by atoms with Gasteiger partial charge < -0.3 is 25.6 Å². The summed E-state index contributed by atoms with van der Waals surface area (Å²) in [7, 11) is 0. The van der Waals surface area contributed by atoms with Crippen LogP contribution in [0.25, 0.3) is 0 Å². The van der Waals surface area contributed by atoms with Gasteiger partial charge in [-0.15, -0.1) is 0 Å². The Bertz CT molecular complexity index is 1060. The molecule has 4 N–H and O–H groups in total. The number of hydrogen-bond donors (Lipinski definition) is 4. The van der Waals surface area contributed by atoms with Gasteiger partial charge in [-0.2, -0.15) is 28.1 Å². The minimum atomic E-state index is -4.59. The standard InChI is InChI=1S/C19H15F3N5O4/c20-19(21,22)10-31-18-26-16(23-8-11-1-5-14(29)6-2-11)25-17(27-18)24-13-4-3-12(9-28)15(30)7-13/h1-7,29-30H,8,10H2,(H2,23,24,25,26,27). The van der Waals surface area contributed by atoms with Crippen molar-refractivity contribution in [3.63, 3.8) is 0 Å². The van der Waals surface area contributed by atoms with Crippen LogP contribution in [0.1, 0.15) is 11.1 Å². The van der Waals surface area contributed by atoms with Crippen LogP contribution in [0.4, 0.5) is 30.8 Å². The van der Waals surface area contributed by atoms with E-state index in [-0.39, 0.29) is 41.2 Å². The van der Waals surface area contributed by atoms with E-state index < -0.39 is 18.8 Å². The number of nitrogens with one attached hydrogen (secondary N) is 2. The number of benzene rings is 2. The second kappa shape index (κ2) is 9.15. The zero-order valence-electron chi connectivity index (χ0n) is 15.6. The van der Waals surface area contributed by atoms with E-state index in [1.54, 1.807) is 18.4 Å². The van der Waals surface area contributed by atoms with Gasteiger partial charge in [0, 0.05) is 18.3 Å². The van der Waals surface area contributed by atoms with Crippen molar-refractivity contribution in [2.75, 3.05) is 17.2 Å². The number of aromatic hydroxyl groups is 2. The van der Waals surface area contributed by atoms with Crippen LogP contribution in [0.15, 0.2) is 42.5 Å². The van der Waals surface area contributed by atoms with Crippen LogP contribution in [0.3, 0.4) is 0 Å². The van der Waals surface area contributed by atoms with E-state index in [4.69, 9.17) is 0 Å². The molecule has 3 aromatic rings. The molecular formula is C19H15F3N5O4. The number of ether oxygens (including phenoxy) is 1. The number of anilines is 3. The fourth-order valence-corrected chi connectivity index (χ4v) is 2.32. The lowest BCUT2D eigenvalue weighted by Gasteiger charge is -2.12. The lowest BCUT2D eigenvalue weighted by atomic mass is 10.2. The van der Waals surface area contributed by atoms with Gasteiger partial charge in [-0.05, 0) is 29.8 Å². The normalized spacial score (nSPS) is 11.1. The lowest BCUT2D eigenvalue weighted by Crippen LogP contribution is -2.21. The van der Waals surface area contributed by atoms with E-state index in [1.807, 2.05) is 0 Å². The topological polar surface area (TPSA) is 129 Å². The second-order valence-electron chi connectivity index (χ2n) is 6.15. The molecule has 1 aromatic heterocycles. The highest BCUT2D eigenvalue weighted by Crippen LogP contribution is 2.24. The quantitative estimate of drug-likeness (QED) is 0.423. The van der Waals surface area contributed by atoms with Crippen molar-refractivity contribution in [3.8, 4) is 17.5 Å². The molecule has 0 amide bonds. The van der Waals surface area contributed by atoms with Crippen LogP contribution in [0, 0.1) is 0 Å². The maximum absolute atomic E-state index is 12.5. The molecule has 0 saturated carbocycles. The number of halogens is 3. The monoisotopic (exact) mass is 434 g/mol. The maximum atomic E-state index is 12.5. The molecular weight excluding hydrogens is 419 g/mol. The van der Waals surface area contributed by atoms with Gasteiger partial charge in [0.2, 0.25) is 18.2 Å². The Kier molecular flexibility index (Phi) is 6.38. The van der Waals surface area contributed by atoms with Crippen LogP contribution in [-0.4, -0.2) is 44.2 Å². The third-order valence-electron chi connectivity index (χ3n) is 3.73. The minimum Gasteiger partial charge on any atom is -0.508 e. The maximum Gasteiger partial charge on any atom is 0.422 e.